The van der Waals surface area contributed by atoms with Crippen molar-refractivity contribution in [2.45, 2.75) is 33.1 Å². The molecule has 1 unspecified atom stereocenters. The molecule has 2 aromatic carbocycles. The summed E-state index contributed by atoms with van der Waals surface area (Å²) in [5.41, 5.74) is 7.03. The zero-order valence-electron chi connectivity index (χ0n) is 13.3. The van der Waals surface area contributed by atoms with E-state index in [2.05, 4.69) is 78.4 Å². The van der Waals surface area contributed by atoms with Gasteiger partial charge < -0.3 is 5.32 Å². The van der Waals surface area contributed by atoms with Crippen molar-refractivity contribution in [3.05, 3.63) is 68.7 Å². The van der Waals surface area contributed by atoms with Gasteiger partial charge in [0.15, 0.2) is 0 Å². The largest absolute Gasteiger partial charge is 0.319 e. The first-order valence-electron chi connectivity index (χ1n) is 7.48. The van der Waals surface area contributed by atoms with E-state index in [-0.39, 0.29) is 0 Å². The van der Waals surface area contributed by atoms with Gasteiger partial charge in [0, 0.05) is 16.9 Å². The van der Waals surface area contributed by atoms with E-state index in [1.807, 2.05) is 7.05 Å². The van der Waals surface area contributed by atoms with Crippen LogP contribution < -0.4 is 5.32 Å². The highest BCUT2D eigenvalue weighted by atomic mass is 79.9. The summed E-state index contributed by atoms with van der Waals surface area (Å²) in [6, 6.07) is 13.3. The molecule has 1 N–H and O–H groups in total. The molecule has 1 nitrogen and oxygen atoms in total. The average Bonchev–Trinajstić information content (AvgIpc) is 2.41. The quantitative estimate of drug-likeness (QED) is 0.810. The first-order chi connectivity index (χ1) is 10.0. The lowest BCUT2D eigenvalue weighted by molar-refractivity contribution is 0.622. The first kappa shape index (κ1) is 16.3. The van der Waals surface area contributed by atoms with Crippen molar-refractivity contribution < 1.29 is 0 Å². The van der Waals surface area contributed by atoms with E-state index in [9.17, 15) is 0 Å². The van der Waals surface area contributed by atoms with Gasteiger partial charge in [0.1, 0.15) is 0 Å². The van der Waals surface area contributed by atoms with Crippen molar-refractivity contribution in [2.75, 3.05) is 13.6 Å². The molecule has 0 saturated heterocycles. The van der Waals surface area contributed by atoms with Crippen molar-refractivity contribution >= 4 is 15.9 Å². The molecular formula is C19H24BrN. The Bertz CT molecular complexity index is 596. The predicted octanol–water partition coefficient (Wildman–Crippen LogP) is 4.92. The smallest absolute Gasteiger partial charge is 0.0178 e. The van der Waals surface area contributed by atoms with Crippen LogP contribution in [0.4, 0.5) is 0 Å². The third kappa shape index (κ3) is 4.18. The Kier molecular flexibility index (Phi) is 5.60. The Labute approximate surface area is 136 Å². The summed E-state index contributed by atoms with van der Waals surface area (Å²) < 4.78 is 1.15. The van der Waals surface area contributed by atoms with Crippen molar-refractivity contribution in [3.63, 3.8) is 0 Å². The predicted molar refractivity (Wildman–Crippen MR) is 95.2 cm³/mol. The summed E-state index contributed by atoms with van der Waals surface area (Å²) in [5, 5.41) is 3.34. The van der Waals surface area contributed by atoms with Crippen LogP contribution in [-0.2, 0) is 6.42 Å². The van der Waals surface area contributed by atoms with Crippen LogP contribution in [0.1, 0.15) is 33.7 Å². The van der Waals surface area contributed by atoms with Crippen LogP contribution in [0.3, 0.4) is 0 Å². The highest BCUT2D eigenvalue weighted by Crippen LogP contribution is 2.27. The number of aryl methyl sites for hydroxylation is 3. The molecule has 21 heavy (non-hydrogen) atoms. The van der Waals surface area contributed by atoms with E-state index < -0.39 is 0 Å². The van der Waals surface area contributed by atoms with E-state index in [1.165, 1.54) is 27.8 Å². The third-order valence-corrected chi connectivity index (χ3v) is 4.55. The Morgan fingerprint density at radius 1 is 1.05 bits per heavy atom. The minimum atomic E-state index is 0.493. The molecule has 0 aliphatic heterocycles. The zero-order chi connectivity index (χ0) is 15.4. The normalized spacial score (nSPS) is 12.4. The van der Waals surface area contributed by atoms with Crippen molar-refractivity contribution in [1.29, 1.82) is 0 Å². The second-order valence-electron chi connectivity index (χ2n) is 5.89. The van der Waals surface area contributed by atoms with Gasteiger partial charge in [-0.05, 0) is 68.6 Å². The van der Waals surface area contributed by atoms with E-state index in [0.717, 1.165) is 17.4 Å². The maximum Gasteiger partial charge on any atom is 0.0178 e. The Morgan fingerprint density at radius 2 is 1.71 bits per heavy atom. The number of benzene rings is 2. The molecule has 0 saturated carbocycles. The van der Waals surface area contributed by atoms with Gasteiger partial charge in [0.2, 0.25) is 0 Å². The fourth-order valence-corrected chi connectivity index (χ4v) is 3.51. The molecule has 2 aromatic rings. The molecule has 0 fully saturated rings. The Balaban J connectivity index is 2.33. The van der Waals surface area contributed by atoms with Crippen molar-refractivity contribution in [1.82, 2.24) is 5.32 Å². The van der Waals surface area contributed by atoms with Gasteiger partial charge in [-0.3, -0.25) is 0 Å². The van der Waals surface area contributed by atoms with Gasteiger partial charge in [-0.15, -0.1) is 0 Å². The van der Waals surface area contributed by atoms with Crippen molar-refractivity contribution in [3.8, 4) is 0 Å². The van der Waals surface area contributed by atoms with Gasteiger partial charge in [0.25, 0.3) is 0 Å². The topological polar surface area (TPSA) is 12.0 Å². The molecule has 0 spiro atoms. The summed E-state index contributed by atoms with van der Waals surface area (Å²) in [7, 11) is 2.03. The van der Waals surface area contributed by atoms with Gasteiger partial charge >= 0.3 is 0 Å². The van der Waals surface area contributed by atoms with E-state index in [1.54, 1.807) is 0 Å². The van der Waals surface area contributed by atoms with Crippen LogP contribution in [0.15, 0.2) is 40.9 Å². The van der Waals surface area contributed by atoms with Crippen molar-refractivity contribution in [2.24, 2.45) is 0 Å². The summed E-state index contributed by atoms with van der Waals surface area (Å²) in [5.74, 6) is 0.493. The lowest BCUT2D eigenvalue weighted by Gasteiger charge is -2.20. The second kappa shape index (κ2) is 7.24. The van der Waals surface area contributed by atoms with Gasteiger partial charge in [-0.2, -0.15) is 0 Å². The Hall–Kier alpha value is -1.12. The van der Waals surface area contributed by atoms with E-state index in [0.29, 0.717) is 5.92 Å². The molecule has 0 aromatic heterocycles. The number of hydrogen-bond donors (Lipinski definition) is 1. The Morgan fingerprint density at radius 3 is 2.29 bits per heavy atom. The summed E-state index contributed by atoms with van der Waals surface area (Å²) >= 11 is 3.59. The standard InChI is InChI=1S/C19H24BrN/c1-13-8-14(2)19(15(3)9-13)11-17(12-21-4)16-6-5-7-18(20)10-16/h5-10,17,21H,11-12H2,1-4H3. The molecule has 0 amide bonds. The van der Waals surface area contributed by atoms with E-state index in [4.69, 9.17) is 0 Å². The molecule has 2 rings (SSSR count). The maximum atomic E-state index is 3.59. The van der Waals surface area contributed by atoms with Gasteiger partial charge in [-0.1, -0.05) is 45.8 Å². The molecule has 112 valence electrons. The van der Waals surface area contributed by atoms with Crippen LogP contribution in [-0.4, -0.2) is 13.6 Å². The molecular weight excluding hydrogens is 322 g/mol. The van der Waals surface area contributed by atoms with Crippen LogP contribution in [0.5, 0.6) is 0 Å². The molecule has 0 aliphatic carbocycles. The van der Waals surface area contributed by atoms with Gasteiger partial charge in [0.05, 0.1) is 0 Å². The molecule has 0 aliphatic rings. The fourth-order valence-electron chi connectivity index (χ4n) is 3.09. The molecule has 0 heterocycles. The van der Waals surface area contributed by atoms with Gasteiger partial charge in [-0.25, -0.2) is 0 Å². The molecule has 0 bridgehead atoms. The molecule has 1 atom stereocenters. The maximum absolute atomic E-state index is 3.59. The van der Waals surface area contributed by atoms with Crippen LogP contribution in [0, 0.1) is 20.8 Å². The first-order valence-corrected chi connectivity index (χ1v) is 8.27. The van der Waals surface area contributed by atoms with Crippen LogP contribution in [0.2, 0.25) is 0 Å². The monoisotopic (exact) mass is 345 g/mol. The summed E-state index contributed by atoms with van der Waals surface area (Å²) in [6.45, 7) is 7.62. The van der Waals surface area contributed by atoms with Crippen LogP contribution >= 0.6 is 15.9 Å². The van der Waals surface area contributed by atoms with E-state index >= 15 is 0 Å². The van der Waals surface area contributed by atoms with Crippen LogP contribution in [0.25, 0.3) is 0 Å². The zero-order valence-corrected chi connectivity index (χ0v) is 14.9. The minimum absolute atomic E-state index is 0.493. The number of rotatable bonds is 5. The minimum Gasteiger partial charge on any atom is -0.319 e. The summed E-state index contributed by atoms with van der Waals surface area (Å²) in [6.07, 6.45) is 1.08. The summed E-state index contributed by atoms with van der Waals surface area (Å²) in [4.78, 5) is 0. The fraction of sp³-hybridized carbons (Fsp3) is 0.368. The third-order valence-electron chi connectivity index (χ3n) is 4.06. The highest BCUT2D eigenvalue weighted by molar-refractivity contribution is 9.10. The lowest BCUT2D eigenvalue weighted by Crippen LogP contribution is -2.20. The SMILES string of the molecule is CNCC(Cc1c(C)cc(C)cc1C)c1cccc(Br)c1. The number of likely N-dealkylation sites (N-methyl/N-ethyl adjacent to an activating group) is 1. The molecule has 0 radical (unpaired) electrons. The lowest BCUT2D eigenvalue weighted by atomic mass is 9.87. The number of nitrogens with one attached hydrogen (secondary N) is 1. The highest BCUT2D eigenvalue weighted by Gasteiger charge is 2.15. The second-order valence-corrected chi connectivity index (χ2v) is 6.81. The molecule has 2 heteroatoms. The number of halogens is 1. The number of hydrogen-bond acceptors (Lipinski definition) is 1. The average molecular weight is 346 g/mol.